The average molecular weight is 523 g/mol. The van der Waals surface area contributed by atoms with Gasteiger partial charge in [0.15, 0.2) is 0 Å². The van der Waals surface area contributed by atoms with Crippen LogP contribution in [0.2, 0.25) is 0 Å². The van der Waals surface area contributed by atoms with E-state index in [2.05, 4.69) is 26.6 Å². The maximum absolute atomic E-state index is 12.8. The molecule has 1 aliphatic carbocycles. The lowest BCUT2D eigenvalue weighted by Crippen LogP contribution is -2.45. The molecule has 1 aliphatic rings. The van der Waals surface area contributed by atoms with Crippen molar-refractivity contribution in [2.45, 2.75) is 25.3 Å². The van der Waals surface area contributed by atoms with Gasteiger partial charge in [-0.3, -0.25) is 9.59 Å². The Morgan fingerprint density at radius 3 is 2.18 bits per heavy atom. The first-order valence-electron chi connectivity index (χ1n) is 10.7. The number of alkyl carbamates (subject to hydrolysis) is 1. The topological polar surface area (TPSA) is 105 Å². The van der Waals surface area contributed by atoms with Gasteiger partial charge in [-0.2, -0.15) is 0 Å². The second kappa shape index (κ2) is 10.1. The van der Waals surface area contributed by atoms with Gasteiger partial charge in [0.2, 0.25) is 5.91 Å². The van der Waals surface area contributed by atoms with E-state index in [1.54, 1.807) is 6.07 Å². The molecule has 3 N–H and O–H groups in total. The van der Waals surface area contributed by atoms with E-state index in [4.69, 9.17) is 4.74 Å². The molecule has 0 saturated carbocycles. The van der Waals surface area contributed by atoms with E-state index in [0.29, 0.717) is 10.2 Å². The molecule has 2 amide bonds. The lowest BCUT2D eigenvalue weighted by atomic mass is 9.98. The van der Waals surface area contributed by atoms with Crippen molar-refractivity contribution in [3.8, 4) is 11.1 Å². The summed E-state index contributed by atoms with van der Waals surface area (Å²) >= 11 is 3.37. The number of para-hydroxylation sites is 1. The number of hydrogen-bond donors (Lipinski definition) is 3. The maximum Gasteiger partial charge on any atom is 0.407 e. The third kappa shape index (κ3) is 4.97. The highest BCUT2D eigenvalue weighted by atomic mass is 79.9. The van der Waals surface area contributed by atoms with Crippen LogP contribution in [0.25, 0.3) is 11.1 Å². The van der Waals surface area contributed by atoms with Crippen LogP contribution in [0, 0.1) is 6.92 Å². The standard InChI is InChI=1S/C26H23BrN2O5/c1-15-7-6-12-21(27)24(15)29-25(32)22(13-23(30)31)28-26(33)34-14-20-18-10-4-2-8-16(18)17-9-3-5-11-19(17)20/h2-12,20,22H,13-14H2,1H3,(H,28,33)(H,29,32)(H,30,31). The number of aryl methyl sites for hydroxylation is 1. The number of carbonyl (C=O) groups excluding carboxylic acids is 2. The molecule has 0 heterocycles. The molecular formula is C26H23BrN2O5. The van der Waals surface area contributed by atoms with Crippen LogP contribution < -0.4 is 10.6 Å². The van der Waals surface area contributed by atoms with E-state index in [0.717, 1.165) is 27.8 Å². The van der Waals surface area contributed by atoms with E-state index in [1.165, 1.54) is 0 Å². The zero-order valence-corrected chi connectivity index (χ0v) is 20.0. The summed E-state index contributed by atoms with van der Waals surface area (Å²) in [7, 11) is 0. The highest BCUT2D eigenvalue weighted by Crippen LogP contribution is 2.44. The monoisotopic (exact) mass is 522 g/mol. The number of aliphatic carboxylic acids is 1. The van der Waals surface area contributed by atoms with Gasteiger partial charge < -0.3 is 20.5 Å². The Morgan fingerprint density at radius 1 is 0.971 bits per heavy atom. The van der Waals surface area contributed by atoms with Crippen molar-refractivity contribution in [1.29, 1.82) is 0 Å². The molecule has 0 saturated heterocycles. The third-order valence-electron chi connectivity index (χ3n) is 5.80. The highest BCUT2D eigenvalue weighted by molar-refractivity contribution is 9.10. The predicted octanol–water partition coefficient (Wildman–Crippen LogP) is 5.08. The predicted molar refractivity (Wildman–Crippen MR) is 132 cm³/mol. The van der Waals surface area contributed by atoms with Gasteiger partial charge in [-0.1, -0.05) is 60.7 Å². The minimum absolute atomic E-state index is 0.0601. The molecule has 0 spiro atoms. The van der Waals surface area contributed by atoms with E-state index >= 15 is 0 Å². The number of rotatable bonds is 7. The van der Waals surface area contributed by atoms with Gasteiger partial charge in [-0.05, 0) is 56.7 Å². The molecule has 3 aromatic rings. The first-order valence-corrected chi connectivity index (χ1v) is 11.5. The third-order valence-corrected chi connectivity index (χ3v) is 6.46. The van der Waals surface area contributed by atoms with E-state index in [-0.39, 0.29) is 12.5 Å². The van der Waals surface area contributed by atoms with Crippen molar-refractivity contribution in [2.75, 3.05) is 11.9 Å². The molecule has 174 valence electrons. The summed E-state index contributed by atoms with van der Waals surface area (Å²) < 4.78 is 6.12. The van der Waals surface area contributed by atoms with Gasteiger partial charge in [0.25, 0.3) is 0 Å². The van der Waals surface area contributed by atoms with Gasteiger partial charge in [0.05, 0.1) is 12.1 Å². The molecule has 34 heavy (non-hydrogen) atoms. The molecule has 0 aliphatic heterocycles. The summed E-state index contributed by atoms with van der Waals surface area (Å²) in [6.45, 7) is 1.87. The van der Waals surface area contributed by atoms with E-state index in [1.807, 2.05) is 67.6 Å². The van der Waals surface area contributed by atoms with Crippen LogP contribution in [0.5, 0.6) is 0 Å². The molecule has 8 heteroatoms. The second-order valence-corrected chi connectivity index (χ2v) is 8.90. The van der Waals surface area contributed by atoms with E-state index in [9.17, 15) is 19.5 Å². The van der Waals surface area contributed by atoms with Crippen molar-refractivity contribution >= 4 is 39.6 Å². The second-order valence-electron chi connectivity index (χ2n) is 8.04. The summed E-state index contributed by atoms with van der Waals surface area (Å²) in [4.78, 5) is 36.7. The molecule has 0 fully saturated rings. The molecule has 7 nitrogen and oxygen atoms in total. The van der Waals surface area contributed by atoms with Gasteiger partial charge in [-0.15, -0.1) is 0 Å². The Labute approximate surface area is 205 Å². The smallest absolute Gasteiger partial charge is 0.407 e. The molecular weight excluding hydrogens is 500 g/mol. The molecule has 0 bridgehead atoms. The number of fused-ring (bicyclic) bond motifs is 3. The molecule has 1 atom stereocenters. The Hall–Kier alpha value is -3.65. The zero-order valence-electron chi connectivity index (χ0n) is 18.4. The van der Waals surface area contributed by atoms with Gasteiger partial charge in [-0.25, -0.2) is 4.79 Å². The molecule has 1 unspecified atom stereocenters. The van der Waals surface area contributed by atoms with E-state index < -0.39 is 30.4 Å². The summed E-state index contributed by atoms with van der Waals surface area (Å²) in [6, 6.07) is 20.0. The fourth-order valence-corrected chi connectivity index (χ4v) is 4.73. The summed E-state index contributed by atoms with van der Waals surface area (Å²) in [5.41, 5.74) is 5.61. The maximum atomic E-state index is 12.8. The summed E-state index contributed by atoms with van der Waals surface area (Å²) in [6.07, 6.45) is -1.44. The Morgan fingerprint density at radius 2 is 1.59 bits per heavy atom. The molecule has 4 rings (SSSR count). The number of hydrogen-bond acceptors (Lipinski definition) is 4. The van der Waals surface area contributed by atoms with Crippen LogP contribution >= 0.6 is 15.9 Å². The van der Waals surface area contributed by atoms with Crippen molar-refractivity contribution in [2.24, 2.45) is 0 Å². The highest BCUT2D eigenvalue weighted by Gasteiger charge is 2.30. The van der Waals surface area contributed by atoms with Crippen molar-refractivity contribution in [3.05, 3.63) is 87.9 Å². The lowest BCUT2D eigenvalue weighted by molar-refractivity contribution is -0.139. The first-order chi connectivity index (χ1) is 16.3. The minimum atomic E-state index is -1.31. The zero-order chi connectivity index (χ0) is 24.2. The van der Waals surface area contributed by atoms with Crippen molar-refractivity contribution < 1.29 is 24.2 Å². The largest absolute Gasteiger partial charge is 0.481 e. The Balaban J connectivity index is 1.45. The van der Waals surface area contributed by atoms with Gasteiger partial charge in [0, 0.05) is 10.4 Å². The quantitative estimate of drug-likeness (QED) is 0.401. The van der Waals surface area contributed by atoms with Crippen molar-refractivity contribution in [1.82, 2.24) is 5.32 Å². The number of carbonyl (C=O) groups is 3. The molecule has 3 aromatic carbocycles. The fourth-order valence-electron chi connectivity index (χ4n) is 4.17. The SMILES string of the molecule is Cc1cccc(Br)c1NC(=O)C(CC(=O)O)NC(=O)OCC1c2ccccc2-c2ccccc21. The molecule has 0 aromatic heterocycles. The number of nitrogens with one attached hydrogen (secondary N) is 2. The Bertz CT molecular complexity index is 1190. The normalized spacial score (nSPS) is 12.9. The van der Waals surface area contributed by atoms with Gasteiger partial charge >= 0.3 is 12.1 Å². The summed E-state index contributed by atoms with van der Waals surface area (Å²) in [5.74, 6) is -2.01. The number of anilines is 1. The number of carboxylic acids is 1. The number of ether oxygens (including phenoxy) is 1. The number of carboxylic acid groups (broad SMARTS) is 1. The van der Waals surface area contributed by atoms with Crippen LogP contribution in [0.3, 0.4) is 0 Å². The van der Waals surface area contributed by atoms with Gasteiger partial charge in [0.1, 0.15) is 12.6 Å². The number of halogens is 1. The fraction of sp³-hybridized carbons (Fsp3) is 0.192. The first kappa shape index (κ1) is 23.5. The van der Waals surface area contributed by atoms with Crippen LogP contribution in [0.15, 0.2) is 71.2 Å². The molecule has 0 radical (unpaired) electrons. The summed E-state index contributed by atoms with van der Waals surface area (Å²) in [5, 5.41) is 14.4. The number of amides is 2. The minimum Gasteiger partial charge on any atom is -0.481 e. The van der Waals surface area contributed by atoms with Crippen LogP contribution in [0.1, 0.15) is 29.0 Å². The van der Waals surface area contributed by atoms with Crippen LogP contribution in [-0.4, -0.2) is 35.7 Å². The number of benzene rings is 3. The Kier molecular flexibility index (Phi) is 6.98. The van der Waals surface area contributed by atoms with Crippen LogP contribution in [-0.2, 0) is 14.3 Å². The average Bonchev–Trinajstić information content (AvgIpc) is 3.13. The van der Waals surface area contributed by atoms with Crippen LogP contribution in [0.4, 0.5) is 10.5 Å². The lowest BCUT2D eigenvalue weighted by Gasteiger charge is -2.19. The van der Waals surface area contributed by atoms with Crippen molar-refractivity contribution in [3.63, 3.8) is 0 Å².